The van der Waals surface area contributed by atoms with Crippen LogP contribution in [-0.2, 0) is 6.42 Å². The predicted octanol–water partition coefficient (Wildman–Crippen LogP) is 2.39. The molecule has 4 nitrogen and oxygen atoms in total. The Kier molecular flexibility index (Phi) is 3.89. The molecule has 0 unspecified atom stereocenters. The van der Waals surface area contributed by atoms with Crippen molar-refractivity contribution in [2.75, 3.05) is 6.54 Å². The molecule has 2 N–H and O–H groups in total. The zero-order valence-electron chi connectivity index (χ0n) is 10.7. The summed E-state index contributed by atoms with van der Waals surface area (Å²) in [5.41, 5.74) is 8.45. The molecular weight excluding hydrogens is 226 g/mol. The predicted molar refractivity (Wildman–Crippen MR) is 70.8 cm³/mol. The molecule has 18 heavy (non-hydrogen) atoms. The highest BCUT2D eigenvalue weighted by Gasteiger charge is 2.06. The van der Waals surface area contributed by atoms with Gasteiger partial charge in [0.25, 0.3) is 0 Å². The summed E-state index contributed by atoms with van der Waals surface area (Å²) in [5, 5.41) is 0. The number of benzene rings is 1. The number of rotatable bonds is 4. The van der Waals surface area contributed by atoms with Crippen molar-refractivity contribution in [3.05, 3.63) is 47.3 Å². The van der Waals surface area contributed by atoms with Crippen molar-refractivity contribution in [3.8, 4) is 11.8 Å². The second kappa shape index (κ2) is 5.60. The van der Waals surface area contributed by atoms with Crippen LogP contribution in [0.2, 0.25) is 0 Å². The van der Waals surface area contributed by atoms with Crippen molar-refractivity contribution in [1.29, 1.82) is 0 Å². The number of nitrogens with two attached hydrogens (primary N) is 1. The zero-order chi connectivity index (χ0) is 13.0. The number of aromatic nitrogens is 2. The van der Waals surface area contributed by atoms with Crippen molar-refractivity contribution in [1.82, 2.24) is 9.97 Å². The normalized spacial score (nSPS) is 10.4. The van der Waals surface area contributed by atoms with Gasteiger partial charge in [-0.25, -0.2) is 9.97 Å². The fraction of sp³-hybridized carbons (Fsp3) is 0.286. The highest BCUT2D eigenvalue weighted by molar-refractivity contribution is 5.35. The summed E-state index contributed by atoms with van der Waals surface area (Å²) in [6, 6.07) is 10.1. The van der Waals surface area contributed by atoms with Crippen LogP contribution in [0.1, 0.15) is 17.0 Å². The number of ether oxygens (including phenoxy) is 1. The van der Waals surface area contributed by atoms with Gasteiger partial charge in [0.05, 0.1) is 0 Å². The zero-order valence-corrected chi connectivity index (χ0v) is 10.7. The molecule has 0 aliphatic carbocycles. The largest absolute Gasteiger partial charge is 0.424 e. The molecule has 0 aliphatic rings. The summed E-state index contributed by atoms with van der Waals surface area (Å²) in [6.45, 7) is 4.44. The summed E-state index contributed by atoms with van der Waals surface area (Å²) in [4.78, 5) is 8.53. The highest BCUT2D eigenvalue weighted by atomic mass is 16.5. The van der Waals surface area contributed by atoms with Gasteiger partial charge < -0.3 is 10.5 Å². The molecule has 0 saturated heterocycles. The molecule has 0 spiro atoms. The molecule has 2 aromatic rings. The van der Waals surface area contributed by atoms with Gasteiger partial charge in [0, 0.05) is 11.4 Å². The van der Waals surface area contributed by atoms with E-state index in [4.69, 9.17) is 10.5 Å². The van der Waals surface area contributed by atoms with Gasteiger partial charge in [0.15, 0.2) is 0 Å². The van der Waals surface area contributed by atoms with E-state index >= 15 is 0 Å². The molecule has 0 aliphatic heterocycles. The standard InChI is InChI=1S/C14H17N3O/c1-10-9-11(2)17-14(16-10)18-13-6-4-3-5-12(13)7-8-15/h3-6,9H,7-8,15H2,1-2H3. The van der Waals surface area contributed by atoms with Gasteiger partial charge in [-0.3, -0.25) is 0 Å². The molecule has 1 aromatic heterocycles. The Labute approximate surface area is 107 Å². The van der Waals surface area contributed by atoms with Crippen molar-refractivity contribution >= 4 is 0 Å². The third-order valence-corrected chi connectivity index (χ3v) is 2.55. The first-order chi connectivity index (χ1) is 8.69. The fourth-order valence-corrected chi connectivity index (χ4v) is 1.80. The second-order valence-corrected chi connectivity index (χ2v) is 4.18. The first kappa shape index (κ1) is 12.5. The molecule has 1 heterocycles. The molecule has 0 bridgehead atoms. The minimum Gasteiger partial charge on any atom is -0.424 e. The number of hydrogen-bond donors (Lipinski definition) is 1. The smallest absolute Gasteiger partial charge is 0.322 e. The average Bonchev–Trinajstić information content (AvgIpc) is 2.30. The summed E-state index contributed by atoms with van der Waals surface area (Å²) < 4.78 is 5.75. The van der Waals surface area contributed by atoms with Gasteiger partial charge in [-0.2, -0.15) is 0 Å². The van der Waals surface area contributed by atoms with Crippen LogP contribution in [0.25, 0.3) is 0 Å². The van der Waals surface area contributed by atoms with Crippen LogP contribution in [0, 0.1) is 13.8 Å². The third kappa shape index (κ3) is 3.05. The Bertz CT molecular complexity index is 520. The second-order valence-electron chi connectivity index (χ2n) is 4.18. The van der Waals surface area contributed by atoms with Gasteiger partial charge >= 0.3 is 6.01 Å². The third-order valence-electron chi connectivity index (χ3n) is 2.55. The van der Waals surface area contributed by atoms with Crippen LogP contribution in [0.5, 0.6) is 11.8 Å². The lowest BCUT2D eigenvalue weighted by Crippen LogP contribution is -2.04. The van der Waals surface area contributed by atoms with Crippen LogP contribution in [0.4, 0.5) is 0 Å². The number of para-hydroxylation sites is 1. The van der Waals surface area contributed by atoms with E-state index in [2.05, 4.69) is 9.97 Å². The Hall–Kier alpha value is -1.94. The quantitative estimate of drug-likeness (QED) is 0.895. The Morgan fingerprint density at radius 3 is 2.44 bits per heavy atom. The Morgan fingerprint density at radius 1 is 1.11 bits per heavy atom. The van der Waals surface area contributed by atoms with Gasteiger partial charge in [-0.05, 0) is 44.5 Å². The van der Waals surface area contributed by atoms with Crippen LogP contribution < -0.4 is 10.5 Å². The van der Waals surface area contributed by atoms with Crippen LogP contribution in [0.3, 0.4) is 0 Å². The van der Waals surface area contributed by atoms with Gasteiger partial charge in [-0.15, -0.1) is 0 Å². The van der Waals surface area contributed by atoms with Gasteiger partial charge in [-0.1, -0.05) is 18.2 Å². The lowest BCUT2D eigenvalue weighted by atomic mass is 10.1. The van der Waals surface area contributed by atoms with Crippen LogP contribution >= 0.6 is 0 Å². The van der Waals surface area contributed by atoms with E-state index in [9.17, 15) is 0 Å². The minimum atomic E-state index is 0.386. The van der Waals surface area contributed by atoms with Gasteiger partial charge in [0.1, 0.15) is 5.75 Å². The van der Waals surface area contributed by atoms with Crippen molar-refractivity contribution in [2.24, 2.45) is 5.73 Å². The van der Waals surface area contributed by atoms with Crippen molar-refractivity contribution in [3.63, 3.8) is 0 Å². The molecule has 4 heteroatoms. The molecule has 0 atom stereocenters. The summed E-state index contributed by atoms with van der Waals surface area (Å²) in [5.74, 6) is 0.771. The lowest BCUT2D eigenvalue weighted by molar-refractivity contribution is 0.434. The summed E-state index contributed by atoms with van der Waals surface area (Å²) in [7, 11) is 0. The SMILES string of the molecule is Cc1cc(C)nc(Oc2ccccc2CCN)n1. The number of hydrogen-bond acceptors (Lipinski definition) is 4. The van der Waals surface area contributed by atoms with E-state index in [0.29, 0.717) is 12.6 Å². The van der Waals surface area contributed by atoms with Gasteiger partial charge in [0.2, 0.25) is 0 Å². The van der Waals surface area contributed by atoms with E-state index in [-0.39, 0.29) is 0 Å². The van der Waals surface area contributed by atoms with E-state index in [1.54, 1.807) is 0 Å². The molecule has 0 saturated carbocycles. The van der Waals surface area contributed by atoms with Crippen LogP contribution in [-0.4, -0.2) is 16.5 Å². The average molecular weight is 243 g/mol. The van der Waals surface area contributed by atoms with E-state index in [1.165, 1.54) is 0 Å². The molecule has 0 amide bonds. The first-order valence-corrected chi connectivity index (χ1v) is 5.97. The monoisotopic (exact) mass is 243 g/mol. The molecule has 2 rings (SSSR count). The molecular formula is C14H17N3O. The van der Waals surface area contributed by atoms with Crippen molar-refractivity contribution in [2.45, 2.75) is 20.3 Å². The van der Waals surface area contributed by atoms with E-state index in [0.717, 1.165) is 29.1 Å². The number of nitrogens with zero attached hydrogens (tertiary/aromatic N) is 2. The maximum atomic E-state index is 5.75. The lowest BCUT2D eigenvalue weighted by Gasteiger charge is -2.09. The maximum absolute atomic E-state index is 5.75. The summed E-state index contributed by atoms with van der Waals surface area (Å²) >= 11 is 0. The van der Waals surface area contributed by atoms with E-state index < -0.39 is 0 Å². The topological polar surface area (TPSA) is 61.0 Å². The molecule has 0 fully saturated rings. The Balaban J connectivity index is 2.27. The Morgan fingerprint density at radius 2 is 1.78 bits per heavy atom. The summed E-state index contributed by atoms with van der Waals surface area (Å²) in [6.07, 6.45) is 0.779. The van der Waals surface area contributed by atoms with E-state index in [1.807, 2.05) is 44.2 Å². The molecule has 1 aromatic carbocycles. The molecule has 94 valence electrons. The molecule has 0 radical (unpaired) electrons. The van der Waals surface area contributed by atoms with Crippen molar-refractivity contribution < 1.29 is 4.74 Å². The maximum Gasteiger partial charge on any atom is 0.322 e. The number of aryl methyl sites for hydroxylation is 2. The fourth-order valence-electron chi connectivity index (χ4n) is 1.80. The van der Waals surface area contributed by atoms with Crippen LogP contribution in [0.15, 0.2) is 30.3 Å². The minimum absolute atomic E-state index is 0.386. The first-order valence-electron chi connectivity index (χ1n) is 5.97. The highest BCUT2D eigenvalue weighted by Crippen LogP contribution is 2.23.